The Morgan fingerprint density at radius 2 is 2.56 bits per heavy atom. The zero-order valence-corrected chi connectivity index (χ0v) is 5.74. The Kier molecular flexibility index (Phi) is 2.11. The van der Waals surface area contributed by atoms with Crippen LogP contribution in [0.5, 0.6) is 0 Å². The first-order valence-corrected chi connectivity index (χ1v) is 3.78. The minimum atomic E-state index is -0.749. The molecule has 5 heteroatoms. The summed E-state index contributed by atoms with van der Waals surface area (Å²) < 4.78 is 0. The highest BCUT2D eigenvalue weighted by molar-refractivity contribution is 7.36. The van der Waals surface area contributed by atoms with Gasteiger partial charge in [0, 0.05) is 14.9 Å². The van der Waals surface area contributed by atoms with Crippen molar-refractivity contribution < 1.29 is 9.90 Å². The molecule has 0 aromatic rings. The first-order chi connectivity index (χ1) is 4.30. The topological polar surface area (TPSA) is 62.0 Å². The number of carboxylic acid groups (broad SMARTS) is 1. The average molecular weight is 146 g/mol. The van der Waals surface area contributed by atoms with Gasteiger partial charge >= 0.3 is 5.97 Å². The van der Waals surface area contributed by atoms with Crippen LogP contribution in [-0.4, -0.2) is 23.8 Å². The molecule has 50 valence electrons. The molecular formula is C4H7N2O2P. The third kappa shape index (κ3) is 1.72. The van der Waals surface area contributed by atoms with E-state index in [0.717, 1.165) is 0 Å². The molecule has 1 heterocycles. The summed E-state index contributed by atoms with van der Waals surface area (Å²) in [4.78, 5) is 14.0. The standard InChI is InChI=1S/C4H7N2O2P/c7-4(8)3-1-5-6-9-2-3/h3,9H,1-2H2,(H,7,8). The second-order valence-corrected chi connectivity index (χ2v) is 2.75. The van der Waals surface area contributed by atoms with Crippen LogP contribution >= 0.6 is 8.73 Å². The molecule has 9 heavy (non-hydrogen) atoms. The van der Waals surface area contributed by atoms with Gasteiger partial charge < -0.3 is 5.11 Å². The lowest BCUT2D eigenvalue weighted by Crippen LogP contribution is -2.19. The van der Waals surface area contributed by atoms with Crippen molar-refractivity contribution in [2.24, 2.45) is 15.9 Å². The first kappa shape index (κ1) is 6.62. The Morgan fingerprint density at radius 3 is 2.89 bits per heavy atom. The van der Waals surface area contributed by atoms with Gasteiger partial charge in [-0.3, -0.25) is 4.79 Å². The third-order valence-electron chi connectivity index (χ3n) is 1.13. The molecule has 0 aromatic carbocycles. The largest absolute Gasteiger partial charge is 0.481 e. The predicted octanol–water partition coefficient (Wildman–Crippen LogP) is 0.746. The van der Waals surface area contributed by atoms with Crippen LogP contribution in [0.4, 0.5) is 0 Å². The highest BCUT2D eigenvalue weighted by atomic mass is 31.1. The van der Waals surface area contributed by atoms with Gasteiger partial charge in [-0.2, -0.15) is 10.00 Å². The van der Waals surface area contributed by atoms with Crippen molar-refractivity contribution in [1.29, 1.82) is 0 Å². The maximum atomic E-state index is 10.3. The van der Waals surface area contributed by atoms with E-state index in [1.807, 2.05) is 0 Å². The van der Waals surface area contributed by atoms with E-state index in [1.165, 1.54) is 0 Å². The molecule has 2 atom stereocenters. The van der Waals surface area contributed by atoms with Gasteiger partial charge in [-0.25, -0.2) is 0 Å². The van der Waals surface area contributed by atoms with Crippen LogP contribution in [0.15, 0.2) is 10.00 Å². The lowest BCUT2D eigenvalue weighted by Gasteiger charge is -2.09. The Labute approximate surface area is 54.2 Å². The molecule has 0 spiro atoms. The van der Waals surface area contributed by atoms with E-state index >= 15 is 0 Å². The molecule has 0 fully saturated rings. The van der Waals surface area contributed by atoms with Crippen molar-refractivity contribution in [2.75, 3.05) is 12.7 Å². The molecule has 0 radical (unpaired) electrons. The number of hydrogen-bond acceptors (Lipinski definition) is 3. The Hall–Kier alpha value is -0.500. The van der Waals surface area contributed by atoms with Gasteiger partial charge in [-0.1, -0.05) is 0 Å². The van der Waals surface area contributed by atoms with Gasteiger partial charge in [0.2, 0.25) is 0 Å². The number of hydrogen-bond donors (Lipinski definition) is 1. The normalized spacial score (nSPS) is 28.7. The summed E-state index contributed by atoms with van der Waals surface area (Å²) in [5.41, 5.74) is 0. The van der Waals surface area contributed by atoms with Crippen LogP contribution in [0.25, 0.3) is 0 Å². The molecule has 0 bridgehead atoms. The quantitative estimate of drug-likeness (QED) is 0.554. The summed E-state index contributed by atoms with van der Waals surface area (Å²) in [6.45, 7) is 0.363. The van der Waals surface area contributed by atoms with Crippen LogP contribution in [0.1, 0.15) is 0 Å². The molecule has 0 aliphatic carbocycles. The highest BCUT2D eigenvalue weighted by Crippen LogP contribution is 2.22. The van der Waals surface area contributed by atoms with Crippen LogP contribution in [0.2, 0.25) is 0 Å². The summed E-state index contributed by atoms with van der Waals surface area (Å²) >= 11 is 0. The molecule has 4 nitrogen and oxygen atoms in total. The summed E-state index contributed by atoms with van der Waals surface area (Å²) in [6, 6.07) is 0. The van der Waals surface area contributed by atoms with E-state index in [-0.39, 0.29) is 5.92 Å². The second kappa shape index (κ2) is 2.87. The van der Waals surface area contributed by atoms with Gasteiger partial charge in [0.15, 0.2) is 0 Å². The monoisotopic (exact) mass is 146 g/mol. The molecule has 2 unspecified atom stereocenters. The number of carboxylic acids is 1. The van der Waals surface area contributed by atoms with Crippen LogP contribution in [-0.2, 0) is 4.79 Å². The van der Waals surface area contributed by atoms with Gasteiger partial charge in [-0.05, 0) is 0 Å². The molecule has 0 saturated heterocycles. The lowest BCUT2D eigenvalue weighted by molar-refractivity contribution is -0.140. The van der Waals surface area contributed by atoms with E-state index in [0.29, 0.717) is 21.4 Å². The van der Waals surface area contributed by atoms with E-state index < -0.39 is 5.97 Å². The van der Waals surface area contributed by atoms with Crippen LogP contribution in [0.3, 0.4) is 0 Å². The zero-order chi connectivity index (χ0) is 6.69. The predicted molar refractivity (Wildman–Crippen MR) is 34.0 cm³/mol. The van der Waals surface area contributed by atoms with Gasteiger partial charge in [0.05, 0.1) is 12.5 Å². The number of aliphatic carboxylic acids is 1. The molecular weight excluding hydrogens is 139 g/mol. The molecule has 1 aliphatic rings. The molecule has 0 aromatic heterocycles. The number of carbonyl (C=O) groups is 1. The van der Waals surface area contributed by atoms with E-state index in [9.17, 15) is 4.79 Å². The van der Waals surface area contributed by atoms with Crippen molar-refractivity contribution >= 4 is 14.7 Å². The van der Waals surface area contributed by atoms with Crippen LogP contribution in [0, 0.1) is 5.92 Å². The van der Waals surface area contributed by atoms with Crippen molar-refractivity contribution in [1.82, 2.24) is 0 Å². The fourth-order valence-electron chi connectivity index (χ4n) is 0.570. The first-order valence-electron chi connectivity index (χ1n) is 2.63. The highest BCUT2D eigenvalue weighted by Gasteiger charge is 2.18. The van der Waals surface area contributed by atoms with Crippen molar-refractivity contribution in [3.05, 3.63) is 0 Å². The minimum Gasteiger partial charge on any atom is -0.481 e. The van der Waals surface area contributed by atoms with Crippen molar-refractivity contribution in [3.8, 4) is 0 Å². The van der Waals surface area contributed by atoms with Crippen LogP contribution < -0.4 is 0 Å². The molecule has 0 amide bonds. The number of rotatable bonds is 1. The Bertz CT molecular complexity index is 148. The number of nitrogens with zero attached hydrogens (tertiary/aromatic N) is 2. The Balaban J connectivity index is 2.44. The van der Waals surface area contributed by atoms with Gasteiger partial charge in [0.1, 0.15) is 0 Å². The SMILES string of the molecule is O=C(O)C1CN=NPC1. The summed E-state index contributed by atoms with van der Waals surface area (Å²) in [6.07, 6.45) is 0.666. The van der Waals surface area contributed by atoms with E-state index in [1.54, 1.807) is 0 Å². The minimum absolute atomic E-state index is 0.277. The Morgan fingerprint density at radius 1 is 1.78 bits per heavy atom. The fraction of sp³-hybridized carbons (Fsp3) is 0.750. The fourth-order valence-corrected chi connectivity index (χ4v) is 1.36. The van der Waals surface area contributed by atoms with E-state index in [4.69, 9.17) is 5.11 Å². The van der Waals surface area contributed by atoms with Crippen molar-refractivity contribution in [2.45, 2.75) is 0 Å². The summed E-state index contributed by atoms with van der Waals surface area (Å²) in [7, 11) is 0.352. The zero-order valence-electron chi connectivity index (χ0n) is 4.74. The molecule has 1 rings (SSSR count). The molecule has 1 aliphatic heterocycles. The van der Waals surface area contributed by atoms with Gasteiger partial charge in [0.25, 0.3) is 0 Å². The maximum Gasteiger partial charge on any atom is 0.308 e. The molecule has 1 N–H and O–H groups in total. The van der Waals surface area contributed by atoms with E-state index in [2.05, 4.69) is 10.00 Å². The summed E-state index contributed by atoms with van der Waals surface area (Å²) in [5.74, 6) is -1.03. The smallest absolute Gasteiger partial charge is 0.308 e. The lowest BCUT2D eigenvalue weighted by atomic mass is 10.2. The second-order valence-electron chi connectivity index (χ2n) is 1.82. The maximum absolute atomic E-state index is 10.3. The summed E-state index contributed by atoms with van der Waals surface area (Å²) in [5, 5.41) is 12.1. The van der Waals surface area contributed by atoms with Gasteiger partial charge in [-0.15, -0.1) is 0 Å². The molecule has 0 saturated carbocycles. The van der Waals surface area contributed by atoms with Crippen molar-refractivity contribution in [3.63, 3.8) is 0 Å². The average Bonchev–Trinajstić information content (AvgIpc) is 1.90. The third-order valence-corrected chi connectivity index (χ3v) is 2.09.